The maximum absolute atomic E-state index is 12.4. The van der Waals surface area contributed by atoms with E-state index in [9.17, 15) is 13.2 Å². The van der Waals surface area contributed by atoms with Crippen LogP contribution in [0.1, 0.15) is 31.3 Å². The Bertz CT molecular complexity index is 883. The van der Waals surface area contributed by atoms with Crippen molar-refractivity contribution in [2.24, 2.45) is 0 Å². The summed E-state index contributed by atoms with van der Waals surface area (Å²) in [6.07, 6.45) is 0. The molecular formula is C17H20ClN3O4S. The summed E-state index contributed by atoms with van der Waals surface area (Å²) in [5.74, 6) is -0.226. The SMILES string of the molecule is CCOc1ccc(Cl)c(C(=O)Nc2ccc(S(=O)(=O)NC(C)C)cc2)n1. The van der Waals surface area contributed by atoms with E-state index in [-0.39, 0.29) is 21.7 Å². The number of carbonyl (C=O) groups is 1. The van der Waals surface area contributed by atoms with Gasteiger partial charge in [0.15, 0.2) is 5.69 Å². The third-order valence-corrected chi connectivity index (χ3v) is 5.12. The number of halogens is 1. The Morgan fingerprint density at radius 2 is 1.85 bits per heavy atom. The normalized spacial score (nSPS) is 11.4. The number of aromatic nitrogens is 1. The number of hydrogen-bond acceptors (Lipinski definition) is 5. The van der Waals surface area contributed by atoms with Crippen molar-refractivity contribution in [3.05, 3.63) is 47.1 Å². The average molecular weight is 398 g/mol. The maximum atomic E-state index is 12.4. The van der Waals surface area contributed by atoms with Crippen LogP contribution in [0.3, 0.4) is 0 Å². The molecule has 1 heterocycles. The Balaban J connectivity index is 2.17. The van der Waals surface area contributed by atoms with Gasteiger partial charge in [-0.2, -0.15) is 0 Å². The zero-order chi connectivity index (χ0) is 19.3. The molecule has 7 nitrogen and oxygen atoms in total. The second-order valence-corrected chi connectivity index (χ2v) is 7.79. The summed E-state index contributed by atoms with van der Waals surface area (Å²) in [7, 11) is -3.59. The van der Waals surface area contributed by atoms with E-state index >= 15 is 0 Å². The number of nitrogens with zero attached hydrogens (tertiary/aromatic N) is 1. The van der Waals surface area contributed by atoms with Crippen LogP contribution in [0.5, 0.6) is 5.88 Å². The van der Waals surface area contributed by atoms with E-state index in [1.807, 2.05) is 0 Å². The van der Waals surface area contributed by atoms with Gasteiger partial charge in [0, 0.05) is 17.8 Å². The maximum Gasteiger partial charge on any atom is 0.275 e. The number of benzene rings is 1. The summed E-state index contributed by atoms with van der Waals surface area (Å²) in [6.45, 7) is 5.69. The molecule has 1 amide bonds. The van der Waals surface area contributed by atoms with E-state index in [0.29, 0.717) is 18.2 Å². The minimum atomic E-state index is -3.59. The van der Waals surface area contributed by atoms with E-state index in [1.165, 1.54) is 30.3 Å². The average Bonchev–Trinajstić information content (AvgIpc) is 2.56. The van der Waals surface area contributed by atoms with Gasteiger partial charge in [-0.1, -0.05) is 11.6 Å². The predicted molar refractivity (Wildman–Crippen MR) is 100 cm³/mol. The molecular weight excluding hydrogens is 378 g/mol. The van der Waals surface area contributed by atoms with Gasteiger partial charge in [0.1, 0.15) is 0 Å². The van der Waals surface area contributed by atoms with Crippen LogP contribution in [0.4, 0.5) is 5.69 Å². The van der Waals surface area contributed by atoms with Crippen molar-refractivity contribution in [2.45, 2.75) is 31.7 Å². The molecule has 2 rings (SSSR count). The predicted octanol–water partition coefficient (Wildman–Crippen LogP) is 3.07. The topological polar surface area (TPSA) is 97.4 Å². The lowest BCUT2D eigenvalue weighted by atomic mass is 10.3. The van der Waals surface area contributed by atoms with Crippen LogP contribution in [0, 0.1) is 0 Å². The van der Waals surface area contributed by atoms with Gasteiger partial charge in [0.25, 0.3) is 5.91 Å². The number of hydrogen-bond donors (Lipinski definition) is 2. The van der Waals surface area contributed by atoms with Crippen molar-refractivity contribution in [2.75, 3.05) is 11.9 Å². The smallest absolute Gasteiger partial charge is 0.275 e. The first-order chi connectivity index (χ1) is 12.2. The highest BCUT2D eigenvalue weighted by Crippen LogP contribution is 2.20. The molecule has 0 spiro atoms. The third kappa shape index (κ3) is 5.17. The molecule has 0 fully saturated rings. The summed E-state index contributed by atoms with van der Waals surface area (Å²) < 4.78 is 32.0. The van der Waals surface area contributed by atoms with Gasteiger partial charge in [-0.25, -0.2) is 18.1 Å². The first kappa shape index (κ1) is 20.2. The van der Waals surface area contributed by atoms with Crippen LogP contribution >= 0.6 is 11.6 Å². The van der Waals surface area contributed by atoms with Crippen LogP contribution < -0.4 is 14.8 Å². The van der Waals surface area contributed by atoms with Gasteiger partial charge in [-0.15, -0.1) is 0 Å². The fourth-order valence-corrected chi connectivity index (χ4v) is 3.54. The first-order valence-electron chi connectivity index (χ1n) is 7.96. The second-order valence-electron chi connectivity index (χ2n) is 5.67. The monoisotopic (exact) mass is 397 g/mol. The molecule has 0 saturated carbocycles. The van der Waals surface area contributed by atoms with Crippen LogP contribution in [0.25, 0.3) is 0 Å². The molecule has 0 aliphatic heterocycles. The molecule has 0 aliphatic rings. The summed E-state index contributed by atoms with van der Waals surface area (Å²) in [6, 6.07) is 8.69. The van der Waals surface area contributed by atoms with Crippen molar-refractivity contribution in [3.63, 3.8) is 0 Å². The van der Waals surface area contributed by atoms with E-state index in [2.05, 4.69) is 15.0 Å². The number of carbonyl (C=O) groups excluding carboxylic acids is 1. The molecule has 0 unspecified atom stereocenters. The van der Waals surface area contributed by atoms with Gasteiger partial charge in [0.05, 0.1) is 16.5 Å². The number of nitrogens with one attached hydrogen (secondary N) is 2. The van der Waals surface area contributed by atoms with Crippen molar-refractivity contribution in [1.82, 2.24) is 9.71 Å². The number of rotatable bonds is 7. The Morgan fingerprint density at radius 3 is 2.42 bits per heavy atom. The van der Waals surface area contributed by atoms with Crippen LogP contribution in [-0.4, -0.2) is 32.0 Å². The summed E-state index contributed by atoms with van der Waals surface area (Å²) in [5, 5.41) is 2.82. The molecule has 2 N–H and O–H groups in total. The number of sulfonamides is 1. The first-order valence-corrected chi connectivity index (χ1v) is 9.82. The summed E-state index contributed by atoms with van der Waals surface area (Å²) >= 11 is 6.02. The van der Waals surface area contributed by atoms with Gasteiger partial charge in [-0.3, -0.25) is 4.79 Å². The Labute approximate surface area is 157 Å². The van der Waals surface area contributed by atoms with Crippen LogP contribution in [0.15, 0.2) is 41.3 Å². The zero-order valence-corrected chi connectivity index (χ0v) is 16.2. The number of anilines is 1. The highest BCUT2D eigenvalue weighted by atomic mass is 35.5. The van der Waals surface area contributed by atoms with Gasteiger partial charge in [0.2, 0.25) is 15.9 Å². The third-order valence-electron chi connectivity index (χ3n) is 3.14. The molecule has 1 aromatic carbocycles. The standard InChI is InChI=1S/C17H20ClN3O4S/c1-4-25-15-10-9-14(18)16(20-15)17(22)19-12-5-7-13(8-6-12)26(23,24)21-11(2)3/h5-11,21H,4H2,1-3H3,(H,19,22). The van der Waals surface area contributed by atoms with Crippen molar-refractivity contribution >= 4 is 33.2 Å². The Kier molecular flexibility index (Phi) is 6.57. The van der Waals surface area contributed by atoms with Crippen molar-refractivity contribution in [1.29, 1.82) is 0 Å². The quantitative estimate of drug-likeness (QED) is 0.748. The van der Waals surface area contributed by atoms with E-state index in [4.69, 9.17) is 16.3 Å². The second kappa shape index (κ2) is 8.48. The minimum Gasteiger partial charge on any atom is -0.478 e. The van der Waals surface area contributed by atoms with Crippen molar-refractivity contribution in [3.8, 4) is 5.88 Å². The molecule has 0 atom stereocenters. The van der Waals surface area contributed by atoms with Gasteiger partial charge >= 0.3 is 0 Å². The molecule has 0 radical (unpaired) electrons. The summed E-state index contributed by atoms with van der Waals surface area (Å²) in [4.78, 5) is 16.6. The molecule has 26 heavy (non-hydrogen) atoms. The lowest BCUT2D eigenvalue weighted by Crippen LogP contribution is -2.30. The molecule has 9 heteroatoms. The molecule has 0 bridgehead atoms. The van der Waals surface area contributed by atoms with Gasteiger partial charge in [-0.05, 0) is 51.1 Å². The highest BCUT2D eigenvalue weighted by Gasteiger charge is 2.17. The molecule has 140 valence electrons. The van der Waals surface area contributed by atoms with Crippen LogP contribution in [-0.2, 0) is 10.0 Å². The van der Waals surface area contributed by atoms with E-state index in [0.717, 1.165) is 0 Å². The summed E-state index contributed by atoms with van der Waals surface area (Å²) in [5.41, 5.74) is 0.439. The number of amides is 1. The van der Waals surface area contributed by atoms with E-state index in [1.54, 1.807) is 26.8 Å². The Morgan fingerprint density at radius 1 is 1.19 bits per heavy atom. The van der Waals surface area contributed by atoms with Crippen molar-refractivity contribution < 1.29 is 17.9 Å². The molecule has 1 aromatic heterocycles. The lowest BCUT2D eigenvalue weighted by Gasteiger charge is -2.11. The van der Waals surface area contributed by atoms with Crippen LogP contribution in [0.2, 0.25) is 5.02 Å². The fourth-order valence-electron chi connectivity index (χ4n) is 2.10. The zero-order valence-electron chi connectivity index (χ0n) is 14.6. The van der Waals surface area contributed by atoms with E-state index < -0.39 is 15.9 Å². The lowest BCUT2D eigenvalue weighted by molar-refractivity contribution is 0.102. The minimum absolute atomic E-state index is 0.0239. The highest BCUT2D eigenvalue weighted by molar-refractivity contribution is 7.89. The fraction of sp³-hybridized carbons (Fsp3) is 0.294. The molecule has 2 aromatic rings. The largest absolute Gasteiger partial charge is 0.478 e. The molecule has 0 aliphatic carbocycles. The van der Waals surface area contributed by atoms with Gasteiger partial charge < -0.3 is 10.1 Å². The number of pyridine rings is 1. The number of ether oxygens (including phenoxy) is 1. The Hall–Kier alpha value is -2.16. The molecule has 0 saturated heterocycles.